The average Bonchev–Trinajstić information content (AvgIpc) is 2.77. The van der Waals surface area contributed by atoms with Gasteiger partial charge in [0, 0.05) is 17.1 Å². The number of hydrogen-bond donors (Lipinski definition) is 2. The molecule has 0 aliphatic carbocycles. The third kappa shape index (κ3) is 2.76. The number of carbonyl (C=O) groups is 2. The van der Waals surface area contributed by atoms with E-state index in [1.807, 2.05) is 30.3 Å². The molecule has 1 fully saturated rings. The first-order chi connectivity index (χ1) is 10.2. The Hall–Kier alpha value is -1.95. The molecule has 0 spiro atoms. The van der Waals surface area contributed by atoms with Gasteiger partial charge in [-0.3, -0.25) is 9.69 Å². The van der Waals surface area contributed by atoms with Gasteiger partial charge in [0.2, 0.25) is 5.91 Å². The summed E-state index contributed by atoms with van der Waals surface area (Å²) in [5.74, 6) is -1.08. The third-order valence-corrected chi connectivity index (χ3v) is 4.91. The molecular weight excluding hydrogens is 288 g/mol. The number of allylic oxidation sites excluding steroid dienone is 1. The van der Waals surface area contributed by atoms with Crippen LogP contribution in [0.25, 0.3) is 0 Å². The molecule has 110 valence electrons. The topological polar surface area (TPSA) is 69.6 Å². The lowest BCUT2D eigenvalue weighted by molar-refractivity contribution is -0.145. The first-order valence-corrected chi connectivity index (χ1v) is 7.79. The maximum atomic E-state index is 11.5. The van der Waals surface area contributed by atoms with Gasteiger partial charge in [0.05, 0.1) is 11.8 Å². The number of carboxylic acid groups (broad SMARTS) is 1. The van der Waals surface area contributed by atoms with Crippen molar-refractivity contribution in [3.05, 3.63) is 40.9 Å². The number of para-hydroxylation sites is 1. The number of carboxylic acids is 1. The summed E-state index contributed by atoms with van der Waals surface area (Å²) in [6.45, 7) is 0.777. The molecule has 5 nitrogen and oxygen atoms in total. The summed E-state index contributed by atoms with van der Waals surface area (Å²) in [7, 11) is 0. The van der Waals surface area contributed by atoms with Gasteiger partial charge in [0.25, 0.3) is 0 Å². The van der Waals surface area contributed by atoms with Crippen molar-refractivity contribution in [3.63, 3.8) is 0 Å². The standard InChI is InChI=1S/C15H16N2O3S/c18-12-9-13-17(12)14(15(19)20)11(21-13)7-4-8-16-10-5-2-1-3-6-10/h1-3,5-6,13,16H,4,7-9H2,(H,19,20)/t13-/m0/s1. The van der Waals surface area contributed by atoms with Crippen LogP contribution in [0.15, 0.2) is 40.9 Å². The molecule has 1 aromatic rings. The highest BCUT2D eigenvalue weighted by Gasteiger charge is 2.47. The molecule has 0 radical (unpaired) electrons. The summed E-state index contributed by atoms with van der Waals surface area (Å²) < 4.78 is 0. The van der Waals surface area contributed by atoms with E-state index >= 15 is 0 Å². The summed E-state index contributed by atoms with van der Waals surface area (Å²) in [5, 5.41) is 12.6. The fraction of sp³-hybridized carbons (Fsp3) is 0.333. The lowest BCUT2D eigenvalue weighted by Crippen LogP contribution is -2.48. The van der Waals surface area contributed by atoms with Crippen LogP contribution in [0.3, 0.4) is 0 Å². The Morgan fingerprint density at radius 1 is 1.38 bits per heavy atom. The Labute approximate surface area is 127 Å². The molecule has 0 unspecified atom stereocenters. The van der Waals surface area contributed by atoms with Gasteiger partial charge in [-0.05, 0) is 25.0 Å². The number of hydrogen-bond acceptors (Lipinski definition) is 4. The van der Waals surface area contributed by atoms with E-state index in [9.17, 15) is 14.7 Å². The number of fused-ring (bicyclic) bond motifs is 1. The van der Waals surface area contributed by atoms with E-state index in [4.69, 9.17) is 0 Å². The normalized spacial score (nSPS) is 20.3. The van der Waals surface area contributed by atoms with Crippen LogP contribution in [0.1, 0.15) is 19.3 Å². The van der Waals surface area contributed by atoms with Gasteiger partial charge in [-0.25, -0.2) is 4.79 Å². The van der Waals surface area contributed by atoms with Gasteiger partial charge in [-0.1, -0.05) is 18.2 Å². The predicted octanol–water partition coefficient (Wildman–Crippen LogP) is 2.48. The Morgan fingerprint density at radius 3 is 2.81 bits per heavy atom. The van der Waals surface area contributed by atoms with Gasteiger partial charge in [0.1, 0.15) is 5.70 Å². The Morgan fingerprint density at radius 2 is 2.14 bits per heavy atom. The maximum Gasteiger partial charge on any atom is 0.353 e. The number of carbonyl (C=O) groups excluding carboxylic acids is 1. The number of nitrogens with zero attached hydrogens (tertiary/aromatic N) is 1. The molecule has 21 heavy (non-hydrogen) atoms. The zero-order valence-electron chi connectivity index (χ0n) is 11.4. The molecule has 2 N–H and O–H groups in total. The molecule has 0 saturated carbocycles. The minimum atomic E-state index is -0.996. The van der Waals surface area contributed by atoms with Crippen molar-refractivity contribution in [1.82, 2.24) is 4.90 Å². The first-order valence-electron chi connectivity index (χ1n) is 6.91. The van der Waals surface area contributed by atoms with Gasteiger partial charge >= 0.3 is 5.97 Å². The quantitative estimate of drug-likeness (QED) is 0.624. The summed E-state index contributed by atoms with van der Waals surface area (Å²) in [4.78, 5) is 25.1. The molecule has 2 aliphatic heterocycles. The van der Waals surface area contributed by atoms with E-state index in [1.54, 1.807) is 0 Å². The molecule has 3 rings (SSSR count). The van der Waals surface area contributed by atoms with Crippen LogP contribution in [0.4, 0.5) is 5.69 Å². The molecule has 0 bridgehead atoms. The first kappa shape index (κ1) is 14.0. The van der Waals surface area contributed by atoms with Gasteiger partial charge in [-0.15, -0.1) is 11.8 Å². The van der Waals surface area contributed by atoms with Crippen LogP contribution in [0.5, 0.6) is 0 Å². The lowest BCUT2D eigenvalue weighted by atomic mass is 10.1. The number of anilines is 1. The maximum absolute atomic E-state index is 11.5. The Kier molecular flexibility index (Phi) is 3.88. The molecular formula is C15H16N2O3S. The van der Waals surface area contributed by atoms with E-state index in [0.29, 0.717) is 12.8 Å². The number of amides is 1. The molecule has 6 heteroatoms. The summed E-state index contributed by atoms with van der Waals surface area (Å²) in [6.07, 6.45) is 1.97. The van der Waals surface area contributed by atoms with Crippen LogP contribution in [0.2, 0.25) is 0 Å². The van der Waals surface area contributed by atoms with Gasteiger partial charge in [0.15, 0.2) is 0 Å². The smallest absolute Gasteiger partial charge is 0.353 e. The molecule has 2 aliphatic rings. The van der Waals surface area contributed by atoms with Crippen molar-refractivity contribution in [2.45, 2.75) is 24.6 Å². The van der Waals surface area contributed by atoms with E-state index in [1.165, 1.54) is 16.7 Å². The van der Waals surface area contributed by atoms with Crippen LogP contribution < -0.4 is 5.32 Å². The number of rotatable bonds is 6. The van der Waals surface area contributed by atoms with Crippen molar-refractivity contribution in [2.24, 2.45) is 0 Å². The van der Waals surface area contributed by atoms with Crippen molar-refractivity contribution >= 4 is 29.3 Å². The predicted molar refractivity (Wildman–Crippen MR) is 81.7 cm³/mol. The lowest BCUT2D eigenvalue weighted by Gasteiger charge is -2.33. The van der Waals surface area contributed by atoms with Crippen LogP contribution >= 0.6 is 11.8 Å². The van der Waals surface area contributed by atoms with Gasteiger partial charge < -0.3 is 10.4 Å². The van der Waals surface area contributed by atoms with Crippen LogP contribution in [-0.4, -0.2) is 33.8 Å². The van der Waals surface area contributed by atoms with E-state index < -0.39 is 5.97 Å². The Bertz CT molecular complexity index is 600. The number of thioether (sulfide) groups is 1. The number of nitrogens with one attached hydrogen (secondary N) is 1. The highest BCUT2D eigenvalue weighted by Crippen LogP contribution is 2.47. The average molecular weight is 304 g/mol. The van der Waals surface area contributed by atoms with Crippen molar-refractivity contribution in [3.8, 4) is 0 Å². The second-order valence-corrected chi connectivity index (χ2v) is 6.29. The fourth-order valence-corrected chi connectivity index (χ4v) is 3.98. The van der Waals surface area contributed by atoms with Crippen LogP contribution in [-0.2, 0) is 9.59 Å². The molecule has 2 heterocycles. The zero-order valence-corrected chi connectivity index (χ0v) is 12.2. The minimum absolute atomic E-state index is 0.0145. The van der Waals surface area contributed by atoms with Crippen molar-refractivity contribution < 1.29 is 14.7 Å². The SMILES string of the molecule is O=C(O)C1=C(CCCNc2ccccc2)S[C@H]2CC(=O)N12. The van der Waals surface area contributed by atoms with E-state index in [-0.39, 0.29) is 17.0 Å². The van der Waals surface area contributed by atoms with E-state index in [2.05, 4.69) is 5.32 Å². The highest BCUT2D eigenvalue weighted by atomic mass is 32.2. The minimum Gasteiger partial charge on any atom is -0.477 e. The summed E-state index contributed by atoms with van der Waals surface area (Å²) in [6, 6.07) is 9.90. The second kappa shape index (κ2) is 5.81. The third-order valence-electron chi connectivity index (χ3n) is 3.58. The molecule has 1 amide bonds. The number of aliphatic carboxylic acids is 1. The monoisotopic (exact) mass is 304 g/mol. The second-order valence-electron chi connectivity index (χ2n) is 5.01. The fourth-order valence-electron chi connectivity index (χ4n) is 2.54. The van der Waals surface area contributed by atoms with E-state index in [0.717, 1.165) is 23.6 Å². The molecule has 1 aromatic carbocycles. The Balaban J connectivity index is 1.55. The zero-order chi connectivity index (χ0) is 14.8. The molecule has 1 atom stereocenters. The molecule has 0 aromatic heterocycles. The number of β-lactam (4-membered cyclic amide) rings is 1. The van der Waals surface area contributed by atoms with Crippen LogP contribution in [0, 0.1) is 0 Å². The van der Waals surface area contributed by atoms with Crippen molar-refractivity contribution in [2.75, 3.05) is 11.9 Å². The highest BCUT2D eigenvalue weighted by molar-refractivity contribution is 8.04. The molecule has 1 saturated heterocycles. The largest absolute Gasteiger partial charge is 0.477 e. The van der Waals surface area contributed by atoms with Gasteiger partial charge in [-0.2, -0.15) is 0 Å². The number of benzene rings is 1. The summed E-state index contributed by atoms with van der Waals surface area (Å²) >= 11 is 1.52. The summed E-state index contributed by atoms with van der Waals surface area (Å²) in [5.41, 5.74) is 1.25. The van der Waals surface area contributed by atoms with Crippen molar-refractivity contribution in [1.29, 1.82) is 0 Å².